The molecule has 0 bridgehead atoms. The maximum absolute atomic E-state index is 11.8. The van der Waals surface area contributed by atoms with Gasteiger partial charge in [0.05, 0.1) is 31.3 Å². The van der Waals surface area contributed by atoms with Crippen LogP contribution in [0.5, 0.6) is 0 Å². The van der Waals surface area contributed by atoms with E-state index in [4.69, 9.17) is 10.00 Å². The van der Waals surface area contributed by atoms with E-state index < -0.39 is 0 Å². The van der Waals surface area contributed by atoms with Crippen LogP contribution in [0.4, 0.5) is 0 Å². The average molecular weight is 230 g/mol. The number of nitrogens with zero attached hydrogens (tertiary/aromatic N) is 2. The minimum absolute atomic E-state index is 0.0928. The summed E-state index contributed by atoms with van der Waals surface area (Å²) >= 11 is 0. The lowest BCUT2D eigenvalue weighted by atomic mass is 10.1. The van der Waals surface area contributed by atoms with Crippen molar-refractivity contribution in [2.75, 3.05) is 19.8 Å². The molecular weight excluding hydrogens is 216 g/mol. The van der Waals surface area contributed by atoms with Crippen LogP contribution in [-0.4, -0.2) is 30.6 Å². The Kier molecular flexibility index (Phi) is 3.73. The second-order valence-corrected chi connectivity index (χ2v) is 3.95. The standard InChI is InChI=1S/C13H14N2O2/c14-9-11-3-1-2-4-12(11)10-15-6-8-17-7-5-13(15)16/h1-4H,5-8,10H2. The van der Waals surface area contributed by atoms with Gasteiger partial charge in [-0.05, 0) is 11.6 Å². The average Bonchev–Trinajstić information content (AvgIpc) is 2.56. The number of amides is 1. The molecule has 1 aromatic carbocycles. The maximum Gasteiger partial charge on any atom is 0.225 e. The van der Waals surface area contributed by atoms with E-state index in [1.54, 1.807) is 11.0 Å². The van der Waals surface area contributed by atoms with Gasteiger partial charge in [-0.25, -0.2) is 0 Å². The molecule has 1 aliphatic rings. The lowest BCUT2D eigenvalue weighted by Gasteiger charge is -2.20. The van der Waals surface area contributed by atoms with Crippen LogP contribution in [0.2, 0.25) is 0 Å². The highest BCUT2D eigenvalue weighted by atomic mass is 16.5. The summed E-state index contributed by atoms with van der Waals surface area (Å²) in [7, 11) is 0. The van der Waals surface area contributed by atoms with Crippen LogP contribution in [0.3, 0.4) is 0 Å². The van der Waals surface area contributed by atoms with E-state index in [1.165, 1.54) is 0 Å². The highest BCUT2D eigenvalue weighted by Crippen LogP contribution is 2.12. The third-order valence-electron chi connectivity index (χ3n) is 2.82. The Labute approximate surface area is 100 Å². The van der Waals surface area contributed by atoms with Crippen LogP contribution in [0.15, 0.2) is 24.3 Å². The molecule has 88 valence electrons. The Bertz CT molecular complexity index is 451. The van der Waals surface area contributed by atoms with Gasteiger partial charge in [-0.3, -0.25) is 4.79 Å². The Morgan fingerprint density at radius 1 is 1.35 bits per heavy atom. The van der Waals surface area contributed by atoms with E-state index in [0.717, 1.165) is 5.56 Å². The van der Waals surface area contributed by atoms with Crippen molar-refractivity contribution in [1.29, 1.82) is 5.26 Å². The van der Waals surface area contributed by atoms with Crippen molar-refractivity contribution in [2.45, 2.75) is 13.0 Å². The minimum Gasteiger partial charge on any atom is -0.379 e. The highest BCUT2D eigenvalue weighted by molar-refractivity contribution is 5.76. The summed E-state index contributed by atoms with van der Waals surface area (Å²) < 4.78 is 5.26. The van der Waals surface area contributed by atoms with Gasteiger partial charge in [-0.15, -0.1) is 0 Å². The predicted octanol–water partition coefficient (Wildman–Crippen LogP) is 1.31. The van der Waals surface area contributed by atoms with Gasteiger partial charge >= 0.3 is 0 Å². The van der Waals surface area contributed by atoms with E-state index >= 15 is 0 Å². The molecule has 0 aliphatic carbocycles. The summed E-state index contributed by atoms with van der Waals surface area (Å²) in [5.41, 5.74) is 1.52. The summed E-state index contributed by atoms with van der Waals surface area (Å²) in [6.45, 7) is 2.15. The van der Waals surface area contributed by atoms with Gasteiger partial charge in [-0.1, -0.05) is 18.2 Å². The molecule has 0 N–H and O–H groups in total. The lowest BCUT2D eigenvalue weighted by Crippen LogP contribution is -2.31. The van der Waals surface area contributed by atoms with Gasteiger partial charge < -0.3 is 9.64 Å². The molecule has 0 saturated carbocycles. The number of hydrogen-bond acceptors (Lipinski definition) is 3. The van der Waals surface area contributed by atoms with Crippen LogP contribution in [0.25, 0.3) is 0 Å². The van der Waals surface area contributed by atoms with Gasteiger partial charge in [0.15, 0.2) is 0 Å². The number of nitriles is 1. The fraction of sp³-hybridized carbons (Fsp3) is 0.385. The van der Waals surface area contributed by atoms with Crippen molar-refractivity contribution < 1.29 is 9.53 Å². The molecule has 0 atom stereocenters. The molecule has 1 amide bonds. The Morgan fingerprint density at radius 3 is 3.00 bits per heavy atom. The molecule has 4 heteroatoms. The van der Waals surface area contributed by atoms with Gasteiger partial charge in [-0.2, -0.15) is 5.26 Å². The van der Waals surface area contributed by atoms with E-state index in [-0.39, 0.29) is 5.91 Å². The molecule has 4 nitrogen and oxygen atoms in total. The summed E-state index contributed by atoms with van der Waals surface area (Å²) in [5, 5.41) is 8.99. The lowest BCUT2D eigenvalue weighted by molar-refractivity contribution is -0.131. The summed E-state index contributed by atoms with van der Waals surface area (Å²) in [6.07, 6.45) is 0.425. The quantitative estimate of drug-likeness (QED) is 0.769. The van der Waals surface area contributed by atoms with E-state index in [9.17, 15) is 4.79 Å². The van der Waals surface area contributed by atoms with Gasteiger partial charge in [0, 0.05) is 13.1 Å². The minimum atomic E-state index is 0.0928. The topological polar surface area (TPSA) is 53.3 Å². The molecule has 0 unspecified atom stereocenters. The van der Waals surface area contributed by atoms with Gasteiger partial charge in [0.1, 0.15) is 0 Å². The number of carbonyl (C=O) groups is 1. The smallest absolute Gasteiger partial charge is 0.225 e. The molecule has 1 fully saturated rings. The second-order valence-electron chi connectivity index (χ2n) is 3.95. The fourth-order valence-corrected chi connectivity index (χ4v) is 1.86. The third kappa shape index (κ3) is 2.83. The van der Waals surface area contributed by atoms with E-state index in [2.05, 4.69) is 6.07 Å². The van der Waals surface area contributed by atoms with Crippen LogP contribution in [0, 0.1) is 11.3 Å². The first kappa shape index (κ1) is 11.6. The highest BCUT2D eigenvalue weighted by Gasteiger charge is 2.17. The summed E-state index contributed by atoms with van der Waals surface area (Å²) in [5.74, 6) is 0.0928. The molecule has 1 aromatic rings. The SMILES string of the molecule is N#Cc1ccccc1CN1CCOCCC1=O. The van der Waals surface area contributed by atoms with Crippen molar-refractivity contribution in [2.24, 2.45) is 0 Å². The van der Waals surface area contributed by atoms with E-state index in [1.807, 2.05) is 18.2 Å². The van der Waals surface area contributed by atoms with Crippen molar-refractivity contribution in [3.63, 3.8) is 0 Å². The summed E-state index contributed by atoms with van der Waals surface area (Å²) in [4.78, 5) is 13.5. The molecule has 17 heavy (non-hydrogen) atoms. The van der Waals surface area contributed by atoms with E-state index in [0.29, 0.717) is 38.3 Å². The number of rotatable bonds is 2. The number of benzene rings is 1. The van der Waals surface area contributed by atoms with Gasteiger partial charge in [0.25, 0.3) is 0 Å². The molecule has 2 rings (SSSR count). The number of carbonyl (C=O) groups excluding carboxylic acids is 1. The van der Waals surface area contributed by atoms with Crippen molar-refractivity contribution in [1.82, 2.24) is 4.90 Å². The number of ether oxygens (including phenoxy) is 1. The van der Waals surface area contributed by atoms with Crippen LogP contribution < -0.4 is 0 Å². The maximum atomic E-state index is 11.8. The third-order valence-corrected chi connectivity index (χ3v) is 2.82. The molecule has 0 spiro atoms. The Morgan fingerprint density at radius 2 is 2.18 bits per heavy atom. The van der Waals surface area contributed by atoms with Crippen molar-refractivity contribution in [3.05, 3.63) is 35.4 Å². The molecule has 0 aromatic heterocycles. The van der Waals surface area contributed by atoms with Gasteiger partial charge in [0.2, 0.25) is 5.91 Å². The zero-order valence-corrected chi connectivity index (χ0v) is 9.56. The Hall–Kier alpha value is -1.86. The Balaban J connectivity index is 2.14. The first-order valence-electron chi connectivity index (χ1n) is 5.65. The van der Waals surface area contributed by atoms with Crippen molar-refractivity contribution in [3.8, 4) is 6.07 Å². The first-order chi connectivity index (χ1) is 8.31. The normalized spacial score (nSPS) is 16.4. The fourth-order valence-electron chi connectivity index (χ4n) is 1.86. The molecule has 1 saturated heterocycles. The van der Waals surface area contributed by atoms with Crippen LogP contribution in [0.1, 0.15) is 17.5 Å². The molecular formula is C13H14N2O2. The number of hydrogen-bond donors (Lipinski definition) is 0. The second kappa shape index (κ2) is 5.46. The van der Waals surface area contributed by atoms with Crippen molar-refractivity contribution >= 4 is 5.91 Å². The predicted molar refractivity (Wildman–Crippen MR) is 62.0 cm³/mol. The monoisotopic (exact) mass is 230 g/mol. The molecule has 1 aliphatic heterocycles. The van der Waals surface area contributed by atoms with Crippen LogP contribution >= 0.6 is 0 Å². The largest absolute Gasteiger partial charge is 0.379 e. The summed E-state index contributed by atoms with van der Waals surface area (Å²) in [6, 6.07) is 9.52. The molecule has 0 radical (unpaired) electrons. The zero-order valence-electron chi connectivity index (χ0n) is 9.56. The van der Waals surface area contributed by atoms with Crippen LogP contribution in [-0.2, 0) is 16.1 Å². The molecule has 1 heterocycles. The first-order valence-corrected chi connectivity index (χ1v) is 5.65. The zero-order chi connectivity index (χ0) is 12.1.